The van der Waals surface area contributed by atoms with Gasteiger partial charge in [-0.25, -0.2) is 23.4 Å². The predicted octanol–water partition coefficient (Wildman–Crippen LogP) is 2.30. The van der Waals surface area contributed by atoms with Crippen LogP contribution in [-0.4, -0.2) is 71.2 Å². The summed E-state index contributed by atoms with van der Waals surface area (Å²) in [6, 6.07) is 9.02. The normalized spacial score (nSPS) is 24.5. The zero-order valence-corrected chi connectivity index (χ0v) is 22.0. The summed E-state index contributed by atoms with van der Waals surface area (Å²) in [7, 11) is -1.44. The summed E-state index contributed by atoms with van der Waals surface area (Å²) in [6.07, 6.45) is 5.87. The highest BCUT2D eigenvalue weighted by Gasteiger charge is 2.73. The van der Waals surface area contributed by atoms with E-state index in [4.69, 9.17) is 4.74 Å². The van der Waals surface area contributed by atoms with Crippen LogP contribution in [0.2, 0.25) is 0 Å². The molecule has 1 saturated heterocycles. The van der Waals surface area contributed by atoms with Gasteiger partial charge in [-0.15, -0.1) is 0 Å². The van der Waals surface area contributed by atoms with Crippen molar-refractivity contribution in [2.75, 3.05) is 36.8 Å². The van der Waals surface area contributed by atoms with Crippen LogP contribution in [0.3, 0.4) is 0 Å². The average Bonchev–Trinajstić information content (AvgIpc) is 3.81. The number of benzene rings is 1. The lowest BCUT2D eigenvalue weighted by molar-refractivity contribution is -0.119. The van der Waals surface area contributed by atoms with Crippen molar-refractivity contribution < 1.29 is 17.9 Å². The van der Waals surface area contributed by atoms with E-state index in [1.54, 1.807) is 18.5 Å². The van der Waals surface area contributed by atoms with E-state index in [0.717, 1.165) is 18.7 Å². The largest absolute Gasteiger partial charge is 0.477 e. The Labute approximate surface area is 221 Å². The molecule has 0 spiro atoms. The Kier molecular flexibility index (Phi) is 6.03. The lowest BCUT2D eigenvalue weighted by Gasteiger charge is -2.24. The van der Waals surface area contributed by atoms with Gasteiger partial charge in [-0.05, 0) is 50.8 Å². The molecule has 1 unspecified atom stereocenters. The van der Waals surface area contributed by atoms with Gasteiger partial charge in [-0.1, -0.05) is 12.1 Å². The summed E-state index contributed by atoms with van der Waals surface area (Å²) in [5.74, 6) is 0.684. The van der Waals surface area contributed by atoms with Gasteiger partial charge in [-0.2, -0.15) is 0 Å². The third kappa shape index (κ3) is 4.37. The number of carbonyl (C=O) groups excluding carboxylic acids is 1. The molecule has 12 heteroatoms. The molecule has 3 atom stereocenters. The second-order valence-corrected chi connectivity index (χ2v) is 12.1. The number of carbonyl (C=O) groups is 1. The minimum atomic E-state index is -3.48. The van der Waals surface area contributed by atoms with Gasteiger partial charge in [0, 0.05) is 30.4 Å². The monoisotopic (exact) mass is 535 g/mol. The second kappa shape index (κ2) is 9.28. The lowest BCUT2D eigenvalue weighted by atomic mass is 9.93. The van der Waals surface area contributed by atoms with Crippen LogP contribution in [0.25, 0.3) is 11.3 Å². The molecule has 6 rings (SSSR count). The molecule has 0 radical (unpaired) electrons. The molecule has 3 heterocycles. The molecule has 1 amide bonds. The van der Waals surface area contributed by atoms with Crippen molar-refractivity contribution in [1.82, 2.24) is 24.8 Å². The zero-order valence-electron chi connectivity index (χ0n) is 21.2. The smallest absolute Gasteiger partial charge is 0.237 e. The maximum Gasteiger partial charge on any atom is 0.237 e. The molecule has 198 valence electrons. The number of piperidine rings is 1. The van der Waals surface area contributed by atoms with Crippen molar-refractivity contribution in [3.05, 3.63) is 54.7 Å². The van der Waals surface area contributed by atoms with Gasteiger partial charge in [0.2, 0.25) is 21.8 Å². The van der Waals surface area contributed by atoms with Gasteiger partial charge >= 0.3 is 0 Å². The first-order chi connectivity index (χ1) is 18.3. The van der Waals surface area contributed by atoms with Crippen molar-refractivity contribution >= 4 is 27.4 Å². The van der Waals surface area contributed by atoms with Crippen molar-refractivity contribution in [2.24, 2.45) is 11.8 Å². The first-order valence-electron chi connectivity index (χ1n) is 12.7. The third-order valence-electron chi connectivity index (χ3n) is 7.58. The molecule has 11 nitrogen and oxygen atoms in total. The summed E-state index contributed by atoms with van der Waals surface area (Å²) in [5.41, 5.74) is 1.87. The van der Waals surface area contributed by atoms with E-state index in [2.05, 4.69) is 34.9 Å². The van der Waals surface area contributed by atoms with Gasteiger partial charge in [0.05, 0.1) is 35.6 Å². The fourth-order valence-corrected chi connectivity index (χ4v) is 6.90. The molecular formula is C26H29N7O4S. The fourth-order valence-electron chi connectivity index (χ4n) is 5.57. The SMILES string of the molecule is CCOc1cncc(-c2ccc(NC(=O)C3(c4cc(NS(=O)(=O)C5CC5)ncn4)[C@@H]4CN(C)C[C@@H]43)cc2)n1. The Morgan fingerprint density at radius 3 is 2.55 bits per heavy atom. The minimum absolute atomic E-state index is 0.0890. The zero-order chi connectivity index (χ0) is 26.5. The van der Waals surface area contributed by atoms with Crippen LogP contribution >= 0.6 is 0 Å². The molecule has 1 aromatic carbocycles. The summed E-state index contributed by atoms with van der Waals surface area (Å²) < 4.78 is 32.9. The Bertz CT molecular complexity index is 1460. The quantitative estimate of drug-likeness (QED) is 0.422. The van der Waals surface area contributed by atoms with Crippen LogP contribution < -0.4 is 14.8 Å². The minimum Gasteiger partial charge on any atom is -0.477 e. The van der Waals surface area contributed by atoms with Crippen LogP contribution in [0.15, 0.2) is 49.1 Å². The Balaban J connectivity index is 1.24. The summed E-state index contributed by atoms with van der Waals surface area (Å²) in [5, 5.41) is 2.70. The van der Waals surface area contributed by atoms with Crippen molar-refractivity contribution in [3.63, 3.8) is 0 Å². The first kappa shape index (κ1) is 24.7. The van der Waals surface area contributed by atoms with E-state index in [0.29, 0.717) is 42.4 Å². The summed E-state index contributed by atoms with van der Waals surface area (Å²) >= 11 is 0. The number of likely N-dealkylation sites (tertiary alicyclic amines) is 1. The number of hydrogen-bond acceptors (Lipinski definition) is 9. The van der Waals surface area contributed by atoms with Gasteiger partial charge in [-0.3, -0.25) is 14.5 Å². The van der Waals surface area contributed by atoms with E-state index in [1.807, 2.05) is 38.2 Å². The van der Waals surface area contributed by atoms with E-state index < -0.39 is 15.4 Å². The standard InChI is InChI=1S/C26H29N7O4S/c1-3-37-24-12-27-11-21(31-24)16-4-6-17(7-5-16)30-25(34)26(19-13-33(2)14-20(19)26)22-10-23(29-15-28-22)32-38(35,36)18-8-9-18/h4-7,10-12,15,18-20H,3,8-9,13-14H2,1-2H3,(H,30,34)(H,28,29,32)/t19-,20+,26?. The summed E-state index contributed by atoms with van der Waals surface area (Å²) in [6.45, 7) is 3.92. The molecule has 2 aromatic heterocycles. The number of amides is 1. The molecule has 3 aliphatic rings. The number of anilines is 2. The number of nitrogens with one attached hydrogen (secondary N) is 2. The van der Waals surface area contributed by atoms with Gasteiger partial charge in [0.25, 0.3) is 0 Å². The predicted molar refractivity (Wildman–Crippen MR) is 141 cm³/mol. The maximum absolute atomic E-state index is 13.8. The van der Waals surface area contributed by atoms with E-state index in [-0.39, 0.29) is 28.8 Å². The molecule has 2 N–H and O–H groups in total. The number of fused-ring (bicyclic) bond motifs is 1. The topological polar surface area (TPSA) is 139 Å². The number of sulfonamides is 1. The highest BCUT2D eigenvalue weighted by molar-refractivity contribution is 7.93. The lowest BCUT2D eigenvalue weighted by Crippen LogP contribution is -2.38. The van der Waals surface area contributed by atoms with E-state index >= 15 is 0 Å². The number of nitrogens with zero attached hydrogens (tertiary/aromatic N) is 5. The molecule has 38 heavy (non-hydrogen) atoms. The number of hydrogen-bond donors (Lipinski definition) is 2. The molecule has 2 saturated carbocycles. The van der Waals surface area contributed by atoms with Crippen LogP contribution in [-0.2, 0) is 20.2 Å². The van der Waals surface area contributed by atoms with Crippen molar-refractivity contribution in [1.29, 1.82) is 0 Å². The molecular weight excluding hydrogens is 506 g/mol. The van der Waals surface area contributed by atoms with Crippen molar-refractivity contribution in [2.45, 2.75) is 30.4 Å². The number of rotatable bonds is 9. The second-order valence-electron chi connectivity index (χ2n) is 10.1. The molecule has 3 aromatic rings. The molecule has 2 aliphatic carbocycles. The Hall–Kier alpha value is -3.64. The molecule has 3 fully saturated rings. The van der Waals surface area contributed by atoms with Crippen molar-refractivity contribution in [3.8, 4) is 17.1 Å². The van der Waals surface area contributed by atoms with Crippen LogP contribution in [0.1, 0.15) is 25.5 Å². The van der Waals surface area contributed by atoms with Gasteiger partial charge in [0.15, 0.2) is 0 Å². The Morgan fingerprint density at radius 2 is 1.87 bits per heavy atom. The number of ether oxygens (including phenoxy) is 1. The highest BCUT2D eigenvalue weighted by atomic mass is 32.2. The fraction of sp³-hybridized carbons (Fsp3) is 0.423. The van der Waals surface area contributed by atoms with E-state index in [1.165, 1.54) is 6.33 Å². The molecule has 1 aliphatic heterocycles. The van der Waals surface area contributed by atoms with Gasteiger partial charge < -0.3 is 15.0 Å². The van der Waals surface area contributed by atoms with Crippen LogP contribution in [0.4, 0.5) is 11.5 Å². The summed E-state index contributed by atoms with van der Waals surface area (Å²) in [4.78, 5) is 33.3. The van der Waals surface area contributed by atoms with E-state index in [9.17, 15) is 13.2 Å². The Morgan fingerprint density at radius 1 is 1.13 bits per heavy atom. The molecule has 0 bridgehead atoms. The average molecular weight is 536 g/mol. The van der Waals surface area contributed by atoms with Crippen LogP contribution in [0.5, 0.6) is 5.88 Å². The maximum atomic E-state index is 13.8. The first-order valence-corrected chi connectivity index (χ1v) is 14.3. The van der Waals surface area contributed by atoms with Gasteiger partial charge in [0.1, 0.15) is 17.6 Å². The highest BCUT2D eigenvalue weighted by Crippen LogP contribution is 2.63. The third-order valence-corrected chi connectivity index (χ3v) is 9.43. The number of aromatic nitrogens is 4. The van der Waals surface area contributed by atoms with Crippen LogP contribution in [0, 0.1) is 11.8 Å².